The lowest BCUT2D eigenvalue weighted by Crippen LogP contribution is -2.49. The van der Waals surface area contributed by atoms with E-state index in [1.165, 1.54) is 6.07 Å². The minimum atomic E-state index is -1.46. The van der Waals surface area contributed by atoms with Gasteiger partial charge >= 0.3 is 0 Å². The van der Waals surface area contributed by atoms with Crippen LogP contribution in [0.5, 0.6) is 0 Å². The zero-order valence-corrected chi connectivity index (χ0v) is 23.6. The molecule has 1 N–H and O–H groups in total. The van der Waals surface area contributed by atoms with Crippen molar-refractivity contribution < 1.29 is 14.4 Å². The highest BCUT2D eigenvalue weighted by atomic mass is 35.5. The smallest absolute Gasteiger partial charge is 0.238 e. The van der Waals surface area contributed by atoms with E-state index in [1.807, 2.05) is 65.7 Å². The third kappa shape index (κ3) is 3.66. The predicted molar refractivity (Wildman–Crippen MR) is 161 cm³/mol. The first-order chi connectivity index (χ1) is 19.8. The van der Waals surface area contributed by atoms with Gasteiger partial charge in [0.15, 0.2) is 11.6 Å². The van der Waals surface area contributed by atoms with Gasteiger partial charge in [0, 0.05) is 28.0 Å². The Kier molecular flexibility index (Phi) is 6.09. The average molecular weight is 600 g/mol. The first kappa shape index (κ1) is 26.0. The maximum atomic E-state index is 14.8. The number of Topliss-reactive ketones (excluding diaryl/α,β-unsaturated/α-hetero) is 2. The number of anilines is 1. The average Bonchev–Trinajstić information content (AvgIpc) is 3.45. The summed E-state index contributed by atoms with van der Waals surface area (Å²) in [5.74, 6) is -2.29. The molecule has 1 fully saturated rings. The maximum Gasteiger partial charge on any atom is 0.238 e. The topological polar surface area (TPSA) is 66.5 Å². The molecule has 3 heterocycles. The summed E-state index contributed by atoms with van der Waals surface area (Å²) >= 11 is 19.3. The molecule has 1 spiro atoms. The van der Waals surface area contributed by atoms with Crippen molar-refractivity contribution in [2.24, 2.45) is 5.92 Å². The normalized spacial score (nSPS) is 23.6. The second-order valence-corrected chi connectivity index (χ2v) is 11.7. The lowest BCUT2D eigenvalue weighted by Gasteiger charge is -2.38. The van der Waals surface area contributed by atoms with Crippen LogP contribution in [0.2, 0.25) is 15.1 Å². The molecule has 4 aromatic carbocycles. The standard InChI is InChI=1S/C33H21Cl3N2O3/c34-19-13-14-22(25(36)17-19)29(39)27-28(30(40)21-9-3-5-11-24(21)35)38-16-15-18-7-1-2-8-20(18)31(38)33(27)23-10-4-6-12-26(23)37-32(33)41/h1-17,27-28,31H,(H,37,41)/t27-,28+,31-,33+/m1/s1. The molecular weight excluding hydrogens is 579 g/mol. The highest BCUT2D eigenvalue weighted by Gasteiger charge is 2.70. The maximum absolute atomic E-state index is 14.8. The van der Waals surface area contributed by atoms with E-state index in [0.717, 1.165) is 11.1 Å². The van der Waals surface area contributed by atoms with E-state index >= 15 is 0 Å². The number of nitrogens with one attached hydrogen (secondary N) is 1. The van der Waals surface area contributed by atoms with Gasteiger partial charge in [-0.2, -0.15) is 0 Å². The molecule has 8 heteroatoms. The van der Waals surface area contributed by atoms with Crippen molar-refractivity contribution in [3.63, 3.8) is 0 Å². The zero-order chi connectivity index (χ0) is 28.5. The molecule has 5 nitrogen and oxygen atoms in total. The van der Waals surface area contributed by atoms with E-state index in [1.54, 1.807) is 36.4 Å². The van der Waals surface area contributed by atoms with E-state index in [9.17, 15) is 14.4 Å². The third-order valence-electron chi connectivity index (χ3n) is 8.46. The van der Waals surface area contributed by atoms with Gasteiger partial charge in [-0.3, -0.25) is 14.4 Å². The molecule has 7 rings (SSSR count). The Labute approximate surface area is 251 Å². The minimum Gasteiger partial charge on any atom is -0.358 e. The summed E-state index contributed by atoms with van der Waals surface area (Å²) in [6.07, 6.45) is 3.73. The van der Waals surface area contributed by atoms with Crippen molar-refractivity contribution >= 4 is 64.0 Å². The fourth-order valence-corrected chi connectivity index (χ4v) is 7.58. The number of halogens is 3. The molecule has 0 radical (unpaired) electrons. The van der Waals surface area contributed by atoms with Crippen LogP contribution in [0.3, 0.4) is 0 Å². The molecule has 1 amide bonds. The molecular formula is C33H21Cl3N2O3. The van der Waals surface area contributed by atoms with Crippen LogP contribution in [-0.2, 0) is 10.2 Å². The van der Waals surface area contributed by atoms with Gasteiger partial charge in [-0.05, 0) is 59.2 Å². The van der Waals surface area contributed by atoms with Gasteiger partial charge in [-0.1, -0.05) is 89.4 Å². The van der Waals surface area contributed by atoms with Crippen molar-refractivity contribution in [2.75, 3.05) is 5.32 Å². The van der Waals surface area contributed by atoms with Gasteiger partial charge in [0.1, 0.15) is 11.5 Å². The molecule has 0 saturated carbocycles. The lowest BCUT2D eigenvalue weighted by atomic mass is 9.62. The molecule has 3 aliphatic rings. The van der Waals surface area contributed by atoms with Gasteiger partial charge in [-0.15, -0.1) is 0 Å². The lowest BCUT2D eigenvalue weighted by molar-refractivity contribution is -0.122. The summed E-state index contributed by atoms with van der Waals surface area (Å²) in [6.45, 7) is 0. The summed E-state index contributed by atoms with van der Waals surface area (Å²) in [4.78, 5) is 45.8. The molecule has 3 aliphatic heterocycles. The first-order valence-corrected chi connectivity index (χ1v) is 14.2. The van der Waals surface area contributed by atoms with Crippen molar-refractivity contribution in [2.45, 2.75) is 17.5 Å². The van der Waals surface area contributed by atoms with E-state index in [4.69, 9.17) is 34.8 Å². The SMILES string of the molecule is O=C(c1ccccc1Cl)[C@@H]1[C@H](C(=O)c2ccc(Cl)cc2Cl)[C@]2(C(=O)Nc3ccccc32)[C@H]2c3ccccc3C=CN12. The van der Waals surface area contributed by atoms with Crippen LogP contribution in [0.25, 0.3) is 6.08 Å². The van der Waals surface area contributed by atoms with Crippen LogP contribution in [0, 0.1) is 5.92 Å². The van der Waals surface area contributed by atoms with E-state index in [0.29, 0.717) is 16.3 Å². The van der Waals surface area contributed by atoms with E-state index in [-0.39, 0.29) is 32.9 Å². The quantitative estimate of drug-likeness (QED) is 0.245. The second-order valence-electron chi connectivity index (χ2n) is 10.4. The Hall–Kier alpha value is -3.90. The highest BCUT2D eigenvalue weighted by Crippen LogP contribution is 2.62. The molecule has 0 unspecified atom stereocenters. The molecule has 1 saturated heterocycles. The molecule has 4 aromatic rings. The summed E-state index contributed by atoms with van der Waals surface area (Å²) in [6, 6.07) is 24.7. The van der Waals surface area contributed by atoms with Crippen molar-refractivity contribution in [3.05, 3.63) is 140 Å². The third-order valence-corrected chi connectivity index (χ3v) is 9.33. The highest BCUT2D eigenvalue weighted by molar-refractivity contribution is 6.37. The fraction of sp³-hybridized carbons (Fsp3) is 0.121. The van der Waals surface area contributed by atoms with Crippen molar-refractivity contribution in [1.82, 2.24) is 4.90 Å². The van der Waals surface area contributed by atoms with Crippen LogP contribution >= 0.6 is 34.8 Å². The number of hydrogen-bond acceptors (Lipinski definition) is 4. The molecule has 4 atom stereocenters. The second kappa shape index (κ2) is 9.59. The number of amides is 1. The molecule has 202 valence electrons. The van der Waals surface area contributed by atoms with Gasteiger partial charge in [-0.25, -0.2) is 0 Å². The first-order valence-electron chi connectivity index (χ1n) is 13.1. The zero-order valence-electron chi connectivity index (χ0n) is 21.4. The summed E-state index contributed by atoms with van der Waals surface area (Å²) in [7, 11) is 0. The molecule has 0 aliphatic carbocycles. The number of ketones is 2. The summed E-state index contributed by atoms with van der Waals surface area (Å²) < 4.78 is 0. The number of carbonyl (C=O) groups is 3. The largest absolute Gasteiger partial charge is 0.358 e. The van der Waals surface area contributed by atoms with Crippen molar-refractivity contribution in [1.29, 1.82) is 0 Å². The number of benzene rings is 4. The van der Waals surface area contributed by atoms with Gasteiger partial charge in [0.2, 0.25) is 5.91 Å². The number of carbonyl (C=O) groups excluding carboxylic acids is 3. The Morgan fingerprint density at radius 1 is 0.780 bits per heavy atom. The summed E-state index contributed by atoms with van der Waals surface area (Å²) in [5, 5.41) is 3.82. The number of rotatable bonds is 4. The van der Waals surface area contributed by atoms with Crippen LogP contribution in [0.4, 0.5) is 5.69 Å². The fourth-order valence-electron chi connectivity index (χ4n) is 6.84. The number of nitrogens with zero attached hydrogens (tertiary/aromatic N) is 1. The van der Waals surface area contributed by atoms with Crippen LogP contribution in [0.15, 0.2) is 97.2 Å². The number of fused-ring (bicyclic) bond motifs is 6. The van der Waals surface area contributed by atoms with Crippen LogP contribution in [-0.4, -0.2) is 28.4 Å². The van der Waals surface area contributed by atoms with Crippen LogP contribution in [0.1, 0.15) is 43.4 Å². The Bertz CT molecular complexity index is 1820. The molecule has 0 aromatic heterocycles. The van der Waals surface area contributed by atoms with Gasteiger partial charge in [0.05, 0.1) is 22.0 Å². The van der Waals surface area contributed by atoms with Crippen LogP contribution < -0.4 is 5.32 Å². The van der Waals surface area contributed by atoms with E-state index < -0.39 is 29.2 Å². The predicted octanol–water partition coefficient (Wildman–Crippen LogP) is 7.63. The number of hydrogen-bond donors (Lipinski definition) is 1. The van der Waals surface area contributed by atoms with Crippen molar-refractivity contribution in [3.8, 4) is 0 Å². The Morgan fingerprint density at radius 3 is 2.29 bits per heavy atom. The molecule has 41 heavy (non-hydrogen) atoms. The minimum absolute atomic E-state index is 0.147. The monoisotopic (exact) mass is 598 g/mol. The van der Waals surface area contributed by atoms with Gasteiger partial charge in [0.25, 0.3) is 0 Å². The Morgan fingerprint density at radius 2 is 1.49 bits per heavy atom. The molecule has 0 bridgehead atoms. The Balaban J connectivity index is 1.56. The summed E-state index contributed by atoms with van der Waals surface area (Å²) in [5.41, 5.74) is 2.01. The number of para-hydroxylation sites is 1. The van der Waals surface area contributed by atoms with E-state index in [2.05, 4.69) is 5.32 Å². The van der Waals surface area contributed by atoms with Gasteiger partial charge < -0.3 is 10.2 Å².